The Balaban J connectivity index is 3.86. The molecule has 0 aliphatic carbocycles. The first-order chi connectivity index (χ1) is 8.22. The summed E-state index contributed by atoms with van der Waals surface area (Å²) in [5, 5.41) is 2.83. The molecule has 0 rings (SSSR count). The molecule has 0 saturated carbocycles. The fourth-order valence-corrected chi connectivity index (χ4v) is 1.35. The van der Waals surface area contributed by atoms with Crippen molar-refractivity contribution in [3.05, 3.63) is 0 Å². The fraction of sp³-hybridized carbons (Fsp3) is 0.857. The molecule has 0 bridgehead atoms. The van der Waals surface area contributed by atoms with Gasteiger partial charge in [0.25, 0.3) is 0 Å². The molecule has 0 aromatic heterocycles. The molecular formula is C14H27NO3. The van der Waals surface area contributed by atoms with Gasteiger partial charge in [-0.25, -0.2) is 0 Å². The zero-order valence-corrected chi connectivity index (χ0v) is 12.3. The minimum Gasteiger partial charge on any atom is -0.375 e. The van der Waals surface area contributed by atoms with Gasteiger partial charge in [0.05, 0.1) is 5.60 Å². The molecule has 0 aliphatic rings. The predicted molar refractivity (Wildman–Crippen MR) is 72.4 cm³/mol. The minimum atomic E-state index is -0.327. The van der Waals surface area contributed by atoms with E-state index >= 15 is 0 Å². The number of carbonyl (C=O) groups excluding carboxylic acids is 2. The van der Waals surface area contributed by atoms with Crippen molar-refractivity contribution in [2.24, 2.45) is 5.41 Å². The molecule has 0 atom stereocenters. The van der Waals surface area contributed by atoms with Gasteiger partial charge in [0, 0.05) is 25.0 Å². The van der Waals surface area contributed by atoms with Gasteiger partial charge in [-0.2, -0.15) is 0 Å². The highest BCUT2D eigenvalue weighted by Crippen LogP contribution is 2.20. The van der Waals surface area contributed by atoms with E-state index in [1.54, 1.807) is 0 Å². The Morgan fingerprint density at radius 1 is 1.22 bits per heavy atom. The molecule has 0 radical (unpaired) electrons. The van der Waals surface area contributed by atoms with Crippen molar-refractivity contribution in [2.75, 3.05) is 13.2 Å². The Hall–Kier alpha value is -0.900. The van der Waals surface area contributed by atoms with Crippen LogP contribution in [0.15, 0.2) is 0 Å². The summed E-state index contributed by atoms with van der Waals surface area (Å²) in [4.78, 5) is 21.9. The van der Waals surface area contributed by atoms with Crippen molar-refractivity contribution in [1.29, 1.82) is 0 Å². The Bertz CT molecular complexity index is 272. The van der Waals surface area contributed by atoms with Gasteiger partial charge in [-0.15, -0.1) is 0 Å². The molecule has 0 fully saturated rings. The van der Waals surface area contributed by atoms with Crippen molar-refractivity contribution in [1.82, 2.24) is 5.32 Å². The van der Waals surface area contributed by atoms with Crippen molar-refractivity contribution in [3.63, 3.8) is 0 Å². The summed E-state index contributed by atoms with van der Waals surface area (Å²) in [6.07, 6.45) is 2.95. The smallest absolute Gasteiger partial charge is 0.219 e. The van der Waals surface area contributed by atoms with Crippen LogP contribution < -0.4 is 5.32 Å². The number of aldehydes is 1. The van der Waals surface area contributed by atoms with Gasteiger partial charge in [0.15, 0.2) is 0 Å². The normalized spacial score (nSPS) is 12.3. The molecule has 0 aliphatic heterocycles. The van der Waals surface area contributed by atoms with Gasteiger partial charge in [0.2, 0.25) is 5.91 Å². The monoisotopic (exact) mass is 257 g/mol. The zero-order chi connectivity index (χ0) is 14.2. The van der Waals surface area contributed by atoms with E-state index in [1.807, 2.05) is 34.6 Å². The molecule has 0 spiro atoms. The van der Waals surface area contributed by atoms with Crippen LogP contribution in [0.3, 0.4) is 0 Å². The molecule has 4 nitrogen and oxygen atoms in total. The number of nitrogens with one attached hydrogen (secondary N) is 1. The van der Waals surface area contributed by atoms with E-state index in [1.165, 1.54) is 0 Å². The van der Waals surface area contributed by atoms with Crippen molar-refractivity contribution in [2.45, 2.75) is 59.5 Å². The Morgan fingerprint density at radius 2 is 1.83 bits per heavy atom. The topological polar surface area (TPSA) is 55.4 Å². The molecule has 1 amide bonds. The Labute approximate surface area is 110 Å². The van der Waals surface area contributed by atoms with Crippen LogP contribution in [-0.4, -0.2) is 30.9 Å². The van der Waals surface area contributed by atoms with Crippen LogP contribution in [0.25, 0.3) is 0 Å². The van der Waals surface area contributed by atoms with E-state index in [2.05, 4.69) is 5.32 Å². The van der Waals surface area contributed by atoms with Gasteiger partial charge < -0.3 is 14.8 Å². The lowest BCUT2D eigenvalue weighted by molar-refractivity contribution is -0.121. The number of carbonyl (C=O) groups is 2. The van der Waals surface area contributed by atoms with Crippen molar-refractivity contribution < 1.29 is 14.3 Å². The Morgan fingerprint density at radius 3 is 2.33 bits per heavy atom. The second-order valence-corrected chi connectivity index (χ2v) is 5.92. The number of ether oxygens (including phenoxy) is 1. The van der Waals surface area contributed by atoms with E-state index in [4.69, 9.17) is 4.74 Å². The van der Waals surface area contributed by atoms with Crippen molar-refractivity contribution in [3.8, 4) is 0 Å². The highest BCUT2D eigenvalue weighted by Gasteiger charge is 2.21. The lowest BCUT2D eigenvalue weighted by Gasteiger charge is -2.27. The van der Waals surface area contributed by atoms with Crippen LogP contribution in [0, 0.1) is 5.41 Å². The van der Waals surface area contributed by atoms with Crippen LogP contribution in [0.5, 0.6) is 0 Å². The van der Waals surface area contributed by atoms with Gasteiger partial charge >= 0.3 is 0 Å². The van der Waals surface area contributed by atoms with E-state index in [0.717, 1.165) is 12.7 Å². The SMILES string of the molecule is CCC(=O)NCCC(C)(C)OCCC(C)(C)C=O. The maximum atomic E-state index is 11.1. The Kier molecular flexibility index (Phi) is 7.14. The third-order valence-corrected chi connectivity index (χ3v) is 2.93. The summed E-state index contributed by atoms with van der Waals surface area (Å²) in [6, 6.07) is 0. The molecule has 0 heterocycles. The summed E-state index contributed by atoms with van der Waals surface area (Å²) in [5.41, 5.74) is -0.605. The highest BCUT2D eigenvalue weighted by molar-refractivity contribution is 5.75. The minimum absolute atomic E-state index is 0.0629. The maximum Gasteiger partial charge on any atom is 0.219 e. The number of amides is 1. The summed E-state index contributed by atoms with van der Waals surface area (Å²) in [5.74, 6) is 0.0629. The average Bonchev–Trinajstić information content (AvgIpc) is 2.28. The first-order valence-corrected chi connectivity index (χ1v) is 6.59. The summed E-state index contributed by atoms with van der Waals surface area (Å²) in [6.45, 7) is 10.8. The first kappa shape index (κ1) is 17.1. The van der Waals surface area contributed by atoms with Gasteiger partial charge in [-0.3, -0.25) is 4.79 Å². The van der Waals surface area contributed by atoms with Gasteiger partial charge in [-0.1, -0.05) is 20.8 Å². The highest BCUT2D eigenvalue weighted by atomic mass is 16.5. The maximum absolute atomic E-state index is 11.1. The number of rotatable bonds is 9. The van der Waals surface area contributed by atoms with Crippen LogP contribution >= 0.6 is 0 Å². The van der Waals surface area contributed by atoms with Crippen LogP contribution in [-0.2, 0) is 14.3 Å². The summed E-state index contributed by atoms with van der Waals surface area (Å²) >= 11 is 0. The van der Waals surface area contributed by atoms with Gasteiger partial charge in [0.1, 0.15) is 6.29 Å². The molecule has 0 aromatic rings. The second kappa shape index (κ2) is 7.52. The van der Waals surface area contributed by atoms with Crippen LogP contribution in [0.1, 0.15) is 53.9 Å². The molecule has 1 N–H and O–H groups in total. The third kappa shape index (κ3) is 8.23. The first-order valence-electron chi connectivity index (χ1n) is 6.59. The molecule has 0 saturated heterocycles. The number of hydrogen-bond acceptors (Lipinski definition) is 3. The third-order valence-electron chi connectivity index (χ3n) is 2.93. The molecule has 18 heavy (non-hydrogen) atoms. The summed E-state index contributed by atoms with van der Waals surface area (Å²) < 4.78 is 5.77. The average molecular weight is 257 g/mol. The van der Waals surface area contributed by atoms with Crippen LogP contribution in [0.4, 0.5) is 0 Å². The van der Waals surface area contributed by atoms with Crippen LogP contribution in [0.2, 0.25) is 0 Å². The number of hydrogen-bond donors (Lipinski definition) is 1. The molecule has 4 heteroatoms. The van der Waals surface area contributed by atoms with E-state index in [-0.39, 0.29) is 16.9 Å². The van der Waals surface area contributed by atoms with E-state index < -0.39 is 0 Å². The standard InChI is InChI=1S/C14H27NO3/c1-6-12(17)15-9-7-14(4,5)18-10-8-13(2,3)11-16/h11H,6-10H2,1-5H3,(H,15,17). The zero-order valence-electron chi connectivity index (χ0n) is 12.3. The van der Waals surface area contributed by atoms with Crippen molar-refractivity contribution >= 4 is 12.2 Å². The lowest BCUT2D eigenvalue weighted by atomic mass is 9.92. The molecule has 0 unspecified atom stereocenters. The fourth-order valence-electron chi connectivity index (χ4n) is 1.35. The predicted octanol–water partition coefficient (Wildman–Crippen LogP) is 2.31. The second-order valence-electron chi connectivity index (χ2n) is 5.92. The summed E-state index contributed by atoms with van der Waals surface area (Å²) in [7, 11) is 0. The van der Waals surface area contributed by atoms with E-state index in [9.17, 15) is 9.59 Å². The lowest BCUT2D eigenvalue weighted by Crippen LogP contribution is -2.33. The molecule has 106 valence electrons. The van der Waals surface area contributed by atoms with E-state index in [0.29, 0.717) is 26.0 Å². The largest absolute Gasteiger partial charge is 0.375 e. The quantitative estimate of drug-likeness (QED) is 0.645. The molecule has 0 aromatic carbocycles. The van der Waals surface area contributed by atoms with Gasteiger partial charge in [-0.05, 0) is 26.7 Å². The molecular weight excluding hydrogens is 230 g/mol.